The maximum absolute atomic E-state index is 11.8. The number of carbonyl (C=O) groups is 1. The topological polar surface area (TPSA) is 43.3 Å². The van der Waals surface area contributed by atoms with Crippen LogP contribution in [0.2, 0.25) is 0 Å². The zero-order valence-corrected chi connectivity index (χ0v) is 13.4. The smallest absolute Gasteiger partial charge is 0.323 e. The van der Waals surface area contributed by atoms with Crippen LogP contribution in [0.4, 0.5) is 0 Å². The van der Waals surface area contributed by atoms with E-state index >= 15 is 0 Å². The lowest BCUT2D eigenvalue weighted by Gasteiger charge is -2.20. The summed E-state index contributed by atoms with van der Waals surface area (Å²) >= 11 is 0. The molecule has 0 unspecified atom stereocenters. The van der Waals surface area contributed by atoms with E-state index in [1.54, 1.807) is 0 Å². The summed E-state index contributed by atoms with van der Waals surface area (Å²) in [5, 5.41) is 4.59. The van der Waals surface area contributed by atoms with Crippen LogP contribution in [0.15, 0.2) is 24.3 Å². The highest BCUT2D eigenvalue weighted by atomic mass is 16.5. The van der Waals surface area contributed by atoms with Gasteiger partial charge in [-0.2, -0.15) is 0 Å². The number of methoxy groups -OCH3 is 1. The standard InChI is InChI=1S/C17H24N2O2/c1-11(2)16(17(20)21-5)18-10-15-12(3)13-8-6-7-9-14(13)19(15)4/h6-9,11,16,18H,10H2,1-5H3/t16-/m0/s1. The molecule has 1 N–H and O–H groups in total. The average Bonchev–Trinajstić information content (AvgIpc) is 2.72. The Hall–Kier alpha value is -1.81. The molecule has 1 aromatic heterocycles. The molecule has 0 saturated carbocycles. The molecule has 21 heavy (non-hydrogen) atoms. The quantitative estimate of drug-likeness (QED) is 0.860. The fourth-order valence-corrected chi connectivity index (χ4v) is 2.81. The number of aromatic nitrogens is 1. The van der Waals surface area contributed by atoms with Gasteiger partial charge < -0.3 is 9.30 Å². The normalized spacial score (nSPS) is 12.9. The van der Waals surface area contributed by atoms with Gasteiger partial charge in [-0.15, -0.1) is 0 Å². The van der Waals surface area contributed by atoms with Gasteiger partial charge in [-0.1, -0.05) is 32.0 Å². The Morgan fingerprint density at radius 3 is 2.57 bits per heavy atom. The predicted molar refractivity (Wildman–Crippen MR) is 85.1 cm³/mol. The lowest BCUT2D eigenvalue weighted by molar-refractivity contribution is -0.144. The molecule has 0 aliphatic heterocycles. The highest BCUT2D eigenvalue weighted by Crippen LogP contribution is 2.24. The van der Waals surface area contributed by atoms with Gasteiger partial charge in [-0.25, -0.2) is 0 Å². The van der Waals surface area contributed by atoms with E-state index in [4.69, 9.17) is 4.74 Å². The number of rotatable bonds is 5. The zero-order valence-electron chi connectivity index (χ0n) is 13.4. The van der Waals surface area contributed by atoms with Gasteiger partial charge >= 0.3 is 5.97 Å². The van der Waals surface area contributed by atoms with E-state index in [1.165, 1.54) is 29.3 Å². The molecule has 0 spiro atoms. The number of nitrogens with one attached hydrogen (secondary N) is 1. The summed E-state index contributed by atoms with van der Waals surface area (Å²) in [4.78, 5) is 11.8. The minimum Gasteiger partial charge on any atom is -0.468 e. The van der Waals surface area contributed by atoms with Crippen molar-refractivity contribution in [3.05, 3.63) is 35.5 Å². The Labute approximate surface area is 126 Å². The van der Waals surface area contributed by atoms with E-state index in [0.29, 0.717) is 6.54 Å². The molecule has 1 aromatic carbocycles. The maximum atomic E-state index is 11.8. The summed E-state index contributed by atoms with van der Waals surface area (Å²) in [6, 6.07) is 8.07. The minimum atomic E-state index is -0.285. The van der Waals surface area contributed by atoms with Crippen molar-refractivity contribution in [2.75, 3.05) is 7.11 Å². The Bertz CT molecular complexity index is 605. The molecule has 0 saturated heterocycles. The fraction of sp³-hybridized carbons (Fsp3) is 0.471. The number of hydrogen-bond acceptors (Lipinski definition) is 3. The Kier molecular flexibility index (Phi) is 4.68. The van der Waals surface area contributed by atoms with Gasteiger partial charge in [0.2, 0.25) is 0 Å². The van der Waals surface area contributed by atoms with Gasteiger partial charge in [-0.3, -0.25) is 10.1 Å². The van der Waals surface area contributed by atoms with Crippen LogP contribution >= 0.6 is 0 Å². The molecule has 0 fully saturated rings. The van der Waals surface area contributed by atoms with Crippen molar-refractivity contribution in [2.45, 2.75) is 33.4 Å². The molecule has 4 nitrogen and oxygen atoms in total. The van der Waals surface area contributed by atoms with Crippen LogP contribution in [0.3, 0.4) is 0 Å². The second kappa shape index (κ2) is 6.31. The zero-order chi connectivity index (χ0) is 15.6. The second-order valence-corrected chi connectivity index (χ2v) is 5.77. The number of aryl methyl sites for hydroxylation is 2. The summed E-state index contributed by atoms with van der Waals surface area (Å²) in [5.74, 6) is -0.0196. The van der Waals surface area contributed by atoms with Crippen molar-refractivity contribution in [1.82, 2.24) is 9.88 Å². The second-order valence-electron chi connectivity index (χ2n) is 5.77. The molecule has 2 rings (SSSR count). The van der Waals surface area contributed by atoms with Crippen LogP contribution in [0.5, 0.6) is 0 Å². The number of benzene rings is 1. The highest BCUT2D eigenvalue weighted by molar-refractivity contribution is 5.85. The van der Waals surface area contributed by atoms with E-state index in [-0.39, 0.29) is 17.9 Å². The first-order chi connectivity index (χ1) is 9.97. The van der Waals surface area contributed by atoms with Gasteiger partial charge in [0, 0.05) is 30.2 Å². The number of esters is 1. The largest absolute Gasteiger partial charge is 0.468 e. The lowest BCUT2D eigenvalue weighted by atomic mass is 10.0. The molecule has 1 atom stereocenters. The van der Waals surface area contributed by atoms with Crippen LogP contribution in [-0.4, -0.2) is 23.7 Å². The average molecular weight is 288 g/mol. The number of ether oxygens (including phenoxy) is 1. The monoisotopic (exact) mass is 288 g/mol. The van der Waals surface area contributed by atoms with Crippen molar-refractivity contribution in [3.63, 3.8) is 0 Å². The van der Waals surface area contributed by atoms with Gasteiger partial charge in [0.25, 0.3) is 0 Å². The third-order valence-electron chi connectivity index (χ3n) is 4.12. The van der Waals surface area contributed by atoms with Gasteiger partial charge in [-0.05, 0) is 24.5 Å². The van der Waals surface area contributed by atoms with Crippen LogP contribution in [0, 0.1) is 12.8 Å². The van der Waals surface area contributed by atoms with E-state index in [2.05, 4.69) is 42.1 Å². The molecule has 0 radical (unpaired) electrons. The summed E-state index contributed by atoms with van der Waals surface area (Å²) in [6.07, 6.45) is 0. The maximum Gasteiger partial charge on any atom is 0.323 e. The fourth-order valence-electron chi connectivity index (χ4n) is 2.81. The molecule has 0 bridgehead atoms. The molecule has 2 aromatic rings. The van der Waals surface area contributed by atoms with Gasteiger partial charge in [0.15, 0.2) is 0 Å². The van der Waals surface area contributed by atoms with E-state index < -0.39 is 0 Å². The predicted octanol–water partition coefficient (Wildman–Crippen LogP) is 2.77. The molecule has 0 aliphatic carbocycles. The Morgan fingerprint density at radius 2 is 2.00 bits per heavy atom. The van der Waals surface area contributed by atoms with E-state index in [0.717, 1.165) is 0 Å². The Balaban J connectivity index is 2.26. The highest BCUT2D eigenvalue weighted by Gasteiger charge is 2.23. The van der Waals surface area contributed by atoms with Crippen molar-refractivity contribution in [1.29, 1.82) is 0 Å². The number of nitrogens with zero attached hydrogens (tertiary/aromatic N) is 1. The Morgan fingerprint density at radius 1 is 1.33 bits per heavy atom. The van der Waals surface area contributed by atoms with E-state index in [9.17, 15) is 4.79 Å². The number of hydrogen-bond donors (Lipinski definition) is 1. The third-order valence-corrected chi connectivity index (χ3v) is 4.12. The van der Waals surface area contributed by atoms with Gasteiger partial charge in [0.1, 0.15) is 6.04 Å². The summed E-state index contributed by atoms with van der Waals surface area (Å²) in [6.45, 7) is 6.81. The molecule has 4 heteroatoms. The molecule has 1 heterocycles. The van der Waals surface area contributed by atoms with Crippen LogP contribution < -0.4 is 5.32 Å². The van der Waals surface area contributed by atoms with E-state index in [1.807, 2.05) is 19.9 Å². The lowest BCUT2D eigenvalue weighted by Crippen LogP contribution is -2.41. The number of fused-ring (bicyclic) bond motifs is 1. The molecule has 0 aliphatic rings. The number of carbonyl (C=O) groups excluding carboxylic acids is 1. The third kappa shape index (κ3) is 2.95. The molecular weight excluding hydrogens is 264 g/mol. The first kappa shape index (κ1) is 15.6. The van der Waals surface area contributed by atoms with Crippen molar-refractivity contribution >= 4 is 16.9 Å². The minimum absolute atomic E-state index is 0.187. The number of para-hydroxylation sites is 1. The molecule has 114 valence electrons. The van der Waals surface area contributed by atoms with Crippen molar-refractivity contribution in [2.24, 2.45) is 13.0 Å². The SMILES string of the molecule is COC(=O)[C@@H](NCc1c(C)c2ccccc2n1C)C(C)C. The summed E-state index contributed by atoms with van der Waals surface area (Å²) in [5.41, 5.74) is 3.67. The van der Waals surface area contributed by atoms with Crippen LogP contribution in [0.25, 0.3) is 10.9 Å². The van der Waals surface area contributed by atoms with Crippen LogP contribution in [0.1, 0.15) is 25.1 Å². The van der Waals surface area contributed by atoms with Crippen LogP contribution in [-0.2, 0) is 23.1 Å². The first-order valence-electron chi connectivity index (χ1n) is 7.31. The van der Waals surface area contributed by atoms with Gasteiger partial charge in [0.05, 0.1) is 7.11 Å². The van der Waals surface area contributed by atoms with Crippen molar-refractivity contribution in [3.8, 4) is 0 Å². The first-order valence-corrected chi connectivity index (χ1v) is 7.31. The summed E-state index contributed by atoms with van der Waals surface area (Å²) in [7, 11) is 3.50. The molecule has 0 amide bonds. The molecular formula is C17H24N2O2. The van der Waals surface area contributed by atoms with Crippen molar-refractivity contribution < 1.29 is 9.53 Å². The summed E-state index contributed by atoms with van der Waals surface area (Å²) < 4.78 is 7.06.